The van der Waals surface area contributed by atoms with E-state index in [1.54, 1.807) is 12.1 Å². The third-order valence-corrected chi connectivity index (χ3v) is 3.16. The number of carbonyl (C=O) groups excluding carboxylic acids is 1. The van der Waals surface area contributed by atoms with Gasteiger partial charge >= 0.3 is 5.97 Å². The van der Waals surface area contributed by atoms with E-state index in [0.717, 1.165) is 6.07 Å². The van der Waals surface area contributed by atoms with Crippen molar-refractivity contribution in [2.24, 2.45) is 0 Å². The van der Waals surface area contributed by atoms with Crippen molar-refractivity contribution in [2.45, 2.75) is 0 Å². The van der Waals surface area contributed by atoms with Gasteiger partial charge in [0.2, 0.25) is 0 Å². The number of amides is 1. The molecule has 0 aliphatic heterocycles. The fourth-order valence-electron chi connectivity index (χ4n) is 1.87. The van der Waals surface area contributed by atoms with Gasteiger partial charge in [0.25, 0.3) is 11.6 Å². The van der Waals surface area contributed by atoms with Crippen molar-refractivity contribution in [2.75, 3.05) is 5.32 Å². The number of benzene rings is 2. The molecule has 0 aliphatic carbocycles. The van der Waals surface area contributed by atoms with Gasteiger partial charge in [-0.15, -0.1) is 0 Å². The lowest BCUT2D eigenvalue weighted by molar-refractivity contribution is -0.384. The van der Waals surface area contributed by atoms with Crippen molar-refractivity contribution in [3.8, 4) is 0 Å². The number of aromatic carboxylic acids is 1. The Kier molecular flexibility index (Phi) is 5.17. The molecule has 0 aromatic heterocycles. The van der Waals surface area contributed by atoms with E-state index in [-0.39, 0.29) is 27.6 Å². The Hall–Kier alpha value is -3.33. The normalized spacial score (nSPS) is 9.83. The zero-order valence-corrected chi connectivity index (χ0v) is 12.9. The van der Waals surface area contributed by atoms with Gasteiger partial charge in [0.05, 0.1) is 16.2 Å². The van der Waals surface area contributed by atoms with E-state index in [1.807, 2.05) is 0 Å². The smallest absolute Gasteiger partial charge is 0.337 e. The summed E-state index contributed by atoms with van der Waals surface area (Å²) in [6, 6.07) is 11.2. The van der Waals surface area contributed by atoms with Crippen molar-refractivity contribution in [1.29, 1.82) is 0 Å². The molecule has 8 nitrogen and oxygen atoms in total. The number of carboxylic acid groups (broad SMARTS) is 1. The monoisotopic (exact) mass is 345 g/mol. The second-order valence-corrected chi connectivity index (χ2v) is 4.97. The standard InChI is InChI=1S/C15H11N3O5S/c19-13(9-4-3-5-10(8-9)18(22)23)17-15(24)16-12-7-2-1-6-11(12)14(20)21/h1-8H,(H,20,21)(H2,16,17,19,24). The van der Waals surface area contributed by atoms with Crippen LogP contribution < -0.4 is 10.6 Å². The molecule has 9 heteroatoms. The van der Waals surface area contributed by atoms with Gasteiger partial charge in [-0.3, -0.25) is 20.2 Å². The van der Waals surface area contributed by atoms with Crippen molar-refractivity contribution < 1.29 is 19.6 Å². The van der Waals surface area contributed by atoms with Crippen LogP contribution in [-0.2, 0) is 0 Å². The van der Waals surface area contributed by atoms with Crippen LogP contribution in [0.5, 0.6) is 0 Å². The number of nitrogens with one attached hydrogen (secondary N) is 2. The van der Waals surface area contributed by atoms with E-state index < -0.39 is 16.8 Å². The van der Waals surface area contributed by atoms with Crippen LogP contribution in [0.4, 0.5) is 11.4 Å². The van der Waals surface area contributed by atoms with Crippen LogP contribution in [0.1, 0.15) is 20.7 Å². The Labute approximate surface area is 141 Å². The van der Waals surface area contributed by atoms with Gasteiger partial charge in [-0.1, -0.05) is 18.2 Å². The molecule has 2 aromatic rings. The van der Waals surface area contributed by atoms with Gasteiger partial charge in [-0.2, -0.15) is 0 Å². The fraction of sp³-hybridized carbons (Fsp3) is 0. The largest absolute Gasteiger partial charge is 0.478 e. The van der Waals surface area contributed by atoms with Gasteiger partial charge in [-0.25, -0.2) is 4.79 Å². The molecule has 0 aliphatic rings. The van der Waals surface area contributed by atoms with Crippen molar-refractivity contribution in [3.63, 3.8) is 0 Å². The number of carbonyl (C=O) groups is 2. The summed E-state index contributed by atoms with van der Waals surface area (Å²) in [5, 5.41) is 24.6. The number of hydrogen-bond acceptors (Lipinski definition) is 5. The fourth-order valence-corrected chi connectivity index (χ4v) is 2.07. The Bertz CT molecular complexity index is 837. The van der Waals surface area contributed by atoms with E-state index in [1.165, 1.54) is 30.3 Å². The average molecular weight is 345 g/mol. The minimum absolute atomic E-state index is 0.00977. The van der Waals surface area contributed by atoms with E-state index >= 15 is 0 Å². The Morgan fingerprint density at radius 1 is 1.12 bits per heavy atom. The summed E-state index contributed by atoms with van der Waals surface area (Å²) in [4.78, 5) is 33.3. The van der Waals surface area contributed by atoms with Gasteiger partial charge in [0.1, 0.15) is 0 Å². The Morgan fingerprint density at radius 3 is 2.50 bits per heavy atom. The maximum absolute atomic E-state index is 12.1. The predicted octanol–water partition coefficient (Wildman–Crippen LogP) is 2.42. The van der Waals surface area contributed by atoms with Gasteiger partial charge in [0, 0.05) is 17.7 Å². The third-order valence-electron chi connectivity index (χ3n) is 2.95. The first-order valence-electron chi connectivity index (χ1n) is 6.57. The zero-order chi connectivity index (χ0) is 17.7. The first-order chi connectivity index (χ1) is 11.4. The number of rotatable bonds is 4. The number of anilines is 1. The molecule has 2 rings (SSSR count). The highest BCUT2D eigenvalue weighted by molar-refractivity contribution is 7.80. The molecule has 0 unspecified atom stereocenters. The number of hydrogen-bond donors (Lipinski definition) is 3. The van der Waals surface area contributed by atoms with E-state index in [4.69, 9.17) is 17.3 Å². The van der Waals surface area contributed by atoms with Gasteiger partial charge in [0.15, 0.2) is 5.11 Å². The lowest BCUT2D eigenvalue weighted by Crippen LogP contribution is -2.34. The first kappa shape index (κ1) is 17.0. The number of thiocarbonyl (C=S) groups is 1. The molecule has 24 heavy (non-hydrogen) atoms. The molecule has 0 spiro atoms. The van der Waals surface area contributed by atoms with Crippen molar-refractivity contribution >= 4 is 40.6 Å². The van der Waals surface area contributed by atoms with Crippen LogP contribution in [-0.4, -0.2) is 27.0 Å². The highest BCUT2D eigenvalue weighted by Crippen LogP contribution is 2.15. The maximum Gasteiger partial charge on any atom is 0.337 e. The van der Waals surface area contributed by atoms with E-state index in [9.17, 15) is 19.7 Å². The van der Waals surface area contributed by atoms with Crippen molar-refractivity contribution in [3.05, 3.63) is 69.8 Å². The van der Waals surface area contributed by atoms with Crippen LogP contribution in [0.2, 0.25) is 0 Å². The molecule has 3 N–H and O–H groups in total. The minimum Gasteiger partial charge on any atom is -0.478 e. The molecule has 2 aromatic carbocycles. The van der Waals surface area contributed by atoms with E-state index in [2.05, 4.69) is 10.6 Å². The number of nitrogens with zero attached hydrogens (tertiary/aromatic N) is 1. The molecule has 0 atom stereocenters. The molecule has 0 fully saturated rings. The van der Waals surface area contributed by atoms with Crippen molar-refractivity contribution in [1.82, 2.24) is 5.32 Å². The Morgan fingerprint density at radius 2 is 1.83 bits per heavy atom. The van der Waals surface area contributed by atoms with Crippen LogP contribution in [0.25, 0.3) is 0 Å². The quantitative estimate of drug-likeness (QED) is 0.442. The molecule has 0 radical (unpaired) electrons. The molecule has 0 saturated carbocycles. The van der Waals surface area contributed by atoms with Crippen LogP contribution in [0.3, 0.4) is 0 Å². The molecule has 1 amide bonds. The Balaban J connectivity index is 2.10. The number of nitro benzene ring substituents is 1. The first-order valence-corrected chi connectivity index (χ1v) is 6.98. The summed E-state index contributed by atoms with van der Waals surface area (Å²) in [6.07, 6.45) is 0. The molecule has 122 valence electrons. The molecular formula is C15H11N3O5S. The summed E-state index contributed by atoms with van der Waals surface area (Å²) in [5.74, 6) is -1.80. The number of carboxylic acids is 1. The van der Waals surface area contributed by atoms with Crippen LogP contribution in [0, 0.1) is 10.1 Å². The summed E-state index contributed by atoms with van der Waals surface area (Å²) >= 11 is 4.97. The summed E-state index contributed by atoms with van der Waals surface area (Å²) in [7, 11) is 0. The maximum atomic E-state index is 12.1. The molecular weight excluding hydrogens is 334 g/mol. The second kappa shape index (κ2) is 7.29. The lowest BCUT2D eigenvalue weighted by atomic mass is 10.2. The minimum atomic E-state index is -1.15. The average Bonchev–Trinajstić information content (AvgIpc) is 2.55. The topological polar surface area (TPSA) is 122 Å². The number of non-ortho nitro benzene ring substituents is 1. The number of para-hydroxylation sites is 1. The molecule has 0 bridgehead atoms. The number of nitro groups is 1. The molecule has 0 saturated heterocycles. The molecule has 0 heterocycles. The SMILES string of the molecule is O=C(NC(=S)Nc1ccccc1C(=O)O)c1cccc([N+](=O)[O-])c1. The summed E-state index contributed by atoms with van der Waals surface area (Å²) in [6.45, 7) is 0. The highest BCUT2D eigenvalue weighted by Gasteiger charge is 2.14. The van der Waals surface area contributed by atoms with E-state index in [0.29, 0.717) is 0 Å². The second-order valence-electron chi connectivity index (χ2n) is 4.57. The predicted molar refractivity (Wildman–Crippen MR) is 90.2 cm³/mol. The highest BCUT2D eigenvalue weighted by atomic mass is 32.1. The summed E-state index contributed by atoms with van der Waals surface area (Å²) in [5.41, 5.74) is 0.0383. The van der Waals surface area contributed by atoms with Crippen LogP contribution in [0.15, 0.2) is 48.5 Å². The van der Waals surface area contributed by atoms with Gasteiger partial charge in [-0.05, 0) is 30.4 Å². The van der Waals surface area contributed by atoms with Crippen LogP contribution >= 0.6 is 12.2 Å². The summed E-state index contributed by atoms with van der Waals surface area (Å²) < 4.78 is 0. The zero-order valence-electron chi connectivity index (χ0n) is 12.1. The van der Waals surface area contributed by atoms with Gasteiger partial charge < -0.3 is 10.4 Å². The third kappa shape index (κ3) is 4.11. The lowest BCUT2D eigenvalue weighted by Gasteiger charge is -2.11.